The van der Waals surface area contributed by atoms with Crippen molar-refractivity contribution in [1.29, 1.82) is 0 Å². The van der Waals surface area contributed by atoms with E-state index in [1.165, 1.54) is 6.20 Å². The highest BCUT2D eigenvalue weighted by molar-refractivity contribution is 6.35. The molecule has 7 heteroatoms. The van der Waals surface area contributed by atoms with E-state index in [2.05, 4.69) is 10.3 Å². The average molecular weight is 433 g/mol. The molecule has 2 aromatic rings. The van der Waals surface area contributed by atoms with Gasteiger partial charge in [0.25, 0.3) is 5.91 Å². The molecular weight excluding hydrogens is 411 g/mol. The summed E-state index contributed by atoms with van der Waals surface area (Å²) in [6.07, 6.45) is 6.20. The second kappa shape index (κ2) is 7.15. The third-order valence-corrected chi connectivity index (χ3v) is 7.10. The molecule has 0 spiro atoms. The largest absolute Gasteiger partial charge is 0.438 e. The number of rotatable bonds is 4. The zero-order valence-corrected chi connectivity index (χ0v) is 17.3. The van der Waals surface area contributed by atoms with Crippen LogP contribution in [0.2, 0.25) is 10.0 Å². The van der Waals surface area contributed by atoms with Gasteiger partial charge in [-0.3, -0.25) is 4.79 Å². The molecule has 5 nitrogen and oxygen atoms in total. The Balaban J connectivity index is 1.30. The molecule has 1 aromatic heterocycles. The lowest BCUT2D eigenvalue weighted by Crippen LogP contribution is -2.61. The quantitative estimate of drug-likeness (QED) is 0.723. The number of nitrogens with zero attached hydrogens (tertiary/aromatic N) is 1. The lowest BCUT2D eigenvalue weighted by molar-refractivity contribution is -0.136. The number of benzene rings is 1. The van der Waals surface area contributed by atoms with Crippen LogP contribution >= 0.6 is 23.2 Å². The molecule has 2 unspecified atom stereocenters. The normalized spacial score (nSPS) is 32.2. The Morgan fingerprint density at radius 1 is 1.17 bits per heavy atom. The molecule has 0 saturated heterocycles. The third kappa shape index (κ3) is 3.72. The molecule has 1 heterocycles. The van der Waals surface area contributed by atoms with E-state index in [0.717, 1.165) is 32.1 Å². The molecule has 0 radical (unpaired) electrons. The molecule has 4 bridgehead atoms. The molecule has 0 aliphatic heterocycles. The molecule has 1 amide bonds. The van der Waals surface area contributed by atoms with Crippen LogP contribution in [-0.4, -0.2) is 27.6 Å². The lowest BCUT2D eigenvalue weighted by atomic mass is 9.52. The van der Waals surface area contributed by atoms with E-state index < -0.39 is 5.60 Å². The first kappa shape index (κ1) is 19.2. The summed E-state index contributed by atoms with van der Waals surface area (Å²) in [5.74, 6) is 1.95. The Hall–Kier alpha value is -1.82. The Bertz CT molecular complexity index is 951. The van der Waals surface area contributed by atoms with Gasteiger partial charge in [0.2, 0.25) is 5.88 Å². The molecular formula is C22H22Cl2N2O3. The van der Waals surface area contributed by atoms with Crippen LogP contribution in [0.15, 0.2) is 36.5 Å². The Labute approximate surface area is 179 Å². The van der Waals surface area contributed by atoms with Crippen molar-refractivity contribution in [2.75, 3.05) is 0 Å². The van der Waals surface area contributed by atoms with Crippen LogP contribution in [0.1, 0.15) is 42.5 Å². The fraction of sp³-hybridized carbons (Fsp3) is 0.455. The number of aliphatic hydroxyl groups is 1. The SMILES string of the molecule is O=C(NC1C2CC3CC1CC(O)(C3)C2)c1cccc(Oc2ncc(Cl)cc2Cl)c1. The highest BCUT2D eigenvalue weighted by atomic mass is 35.5. The van der Waals surface area contributed by atoms with Crippen molar-refractivity contribution in [2.45, 2.75) is 43.7 Å². The zero-order chi connectivity index (χ0) is 20.2. The van der Waals surface area contributed by atoms with Gasteiger partial charge in [-0.2, -0.15) is 0 Å². The summed E-state index contributed by atoms with van der Waals surface area (Å²) in [5, 5.41) is 14.7. The highest BCUT2D eigenvalue weighted by Gasteiger charge is 2.55. The van der Waals surface area contributed by atoms with Gasteiger partial charge in [0.15, 0.2) is 0 Å². The average Bonchev–Trinajstić information content (AvgIpc) is 2.66. The van der Waals surface area contributed by atoms with Crippen LogP contribution in [0.5, 0.6) is 11.6 Å². The van der Waals surface area contributed by atoms with E-state index in [0.29, 0.717) is 39.1 Å². The molecule has 4 saturated carbocycles. The standard InChI is InChI=1S/C22H22Cl2N2O3/c23-16-7-18(24)21(25-11-16)29-17-3-1-2-13(6-17)20(27)26-19-14-4-12-5-15(19)10-22(28,8-12)9-14/h1-3,6-7,11-12,14-15,19,28H,4-5,8-10H2,(H,26,27). The Kier molecular flexibility index (Phi) is 4.72. The Morgan fingerprint density at radius 2 is 1.93 bits per heavy atom. The van der Waals surface area contributed by atoms with Gasteiger partial charge in [0, 0.05) is 17.8 Å². The number of carbonyl (C=O) groups excluding carboxylic acids is 1. The molecule has 1 aromatic carbocycles. The second-order valence-corrected chi connectivity index (χ2v) is 9.61. The maximum Gasteiger partial charge on any atom is 0.251 e. The van der Waals surface area contributed by atoms with E-state index in [1.54, 1.807) is 30.3 Å². The van der Waals surface area contributed by atoms with Crippen molar-refractivity contribution in [1.82, 2.24) is 10.3 Å². The number of halogens is 2. The predicted octanol–water partition coefficient (Wildman–Crippen LogP) is 4.85. The smallest absolute Gasteiger partial charge is 0.251 e. The maximum absolute atomic E-state index is 12.9. The van der Waals surface area contributed by atoms with Crippen LogP contribution in [0.3, 0.4) is 0 Å². The van der Waals surface area contributed by atoms with Gasteiger partial charge in [-0.15, -0.1) is 0 Å². The topological polar surface area (TPSA) is 71.5 Å². The van der Waals surface area contributed by atoms with Gasteiger partial charge in [-0.25, -0.2) is 4.98 Å². The maximum atomic E-state index is 12.9. The Morgan fingerprint density at radius 3 is 2.62 bits per heavy atom. The number of ether oxygens (including phenoxy) is 1. The summed E-state index contributed by atoms with van der Waals surface area (Å²) in [4.78, 5) is 17.0. The van der Waals surface area contributed by atoms with Gasteiger partial charge < -0.3 is 15.2 Å². The van der Waals surface area contributed by atoms with Crippen molar-refractivity contribution in [2.24, 2.45) is 17.8 Å². The summed E-state index contributed by atoms with van der Waals surface area (Å²) < 4.78 is 5.74. The monoisotopic (exact) mass is 432 g/mol. The molecule has 6 rings (SSSR count). The minimum Gasteiger partial charge on any atom is -0.438 e. The van der Waals surface area contributed by atoms with Crippen LogP contribution in [0.4, 0.5) is 0 Å². The summed E-state index contributed by atoms with van der Waals surface area (Å²) >= 11 is 12.0. The minimum atomic E-state index is -0.504. The van der Waals surface area contributed by atoms with Gasteiger partial charge >= 0.3 is 0 Å². The van der Waals surface area contributed by atoms with E-state index in [4.69, 9.17) is 27.9 Å². The molecule has 4 fully saturated rings. The van der Waals surface area contributed by atoms with E-state index >= 15 is 0 Å². The number of carbonyl (C=O) groups is 1. The fourth-order valence-corrected chi connectivity index (χ4v) is 6.16. The molecule has 2 N–H and O–H groups in total. The van der Waals surface area contributed by atoms with Crippen LogP contribution < -0.4 is 10.1 Å². The van der Waals surface area contributed by atoms with Gasteiger partial charge in [-0.1, -0.05) is 29.3 Å². The lowest BCUT2D eigenvalue weighted by Gasteiger charge is -2.58. The molecule has 29 heavy (non-hydrogen) atoms. The van der Waals surface area contributed by atoms with Crippen molar-refractivity contribution >= 4 is 29.1 Å². The number of hydrogen-bond acceptors (Lipinski definition) is 4. The van der Waals surface area contributed by atoms with Gasteiger partial charge in [-0.05, 0) is 74.1 Å². The minimum absolute atomic E-state index is 0.116. The molecule has 4 aliphatic carbocycles. The summed E-state index contributed by atoms with van der Waals surface area (Å²) in [6, 6.07) is 8.67. The summed E-state index contributed by atoms with van der Waals surface area (Å²) in [5.41, 5.74) is 0.0242. The van der Waals surface area contributed by atoms with Crippen LogP contribution in [-0.2, 0) is 0 Å². The third-order valence-electron chi connectivity index (χ3n) is 6.62. The number of amides is 1. The van der Waals surface area contributed by atoms with Crippen molar-refractivity contribution in [3.05, 3.63) is 52.1 Å². The highest BCUT2D eigenvalue weighted by Crippen LogP contribution is 2.55. The molecule has 152 valence electrons. The summed E-state index contributed by atoms with van der Waals surface area (Å²) in [6.45, 7) is 0. The van der Waals surface area contributed by atoms with Crippen molar-refractivity contribution in [3.63, 3.8) is 0 Å². The second-order valence-electron chi connectivity index (χ2n) is 8.76. The summed E-state index contributed by atoms with van der Waals surface area (Å²) in [7, 11) is 0. The molecule has 2 atom stereocenters. The van der Waals surface area contributed by atoms with Crippen LogP contribution in [0, 0.1) is 17.8 Å². The van der Waals surface area contributed by atoms with E-state index in [1.807, 2.05) is 0 Å². The first-order chi connectivity index (χ1) is 13.9. The number of pyridine rings is 1. The van der Waals surface area contributed by atoms with Crippen LogP contribution in [0.25, 0.3) is 0 Å². The van der Waals surface area contributed by atoms with Gasteiger partial charge in [0.1, 0.15) is 10.8 Å². The first-order valence-electron chi connectivity index (χ1n) is 10.0. The number of hydrogen-bond donors (Lipinski definition) is 2. The first-order valence-corrected chi connectivity index (χ1v) is 10.8. The number of aromatic nitrogens is 1. The van der Waals surface area contributed by atoms with E-state index in [9.17, 15) is 9.90 Å². The van der Waals surface area contributed by atoms with E-state index in [-0.39, 0.29) is 17.8 Å². The van der Waals surface area contributed by atoms with Crippen molar-refractivity contribution in [3.8, 4) is 11.6 Å². The zero-order valence-electron chi connectivity index (χ0n) is 15.8. The van der Waals surface area contributed by atoms with Gasteiger partial charge in [0.05, 0.1) is 10.6 Å². The van der Waals surface area contributed by atoms with Crippen molar-refractivity contribution < 1.29 is 14.6 Å². The fourth-order valence-electron chi connectivity index (χ4n) is 5.74. The number of nitrogens with one attached hydrogen (secondary N) is 1. The predicted molar refractivity (Wildman–Crippen MR) is 111 cm³/mol. The molecule has 4 aliphatic rings.